The lowest BCUT2D eigenvalue weighted by molar-refractivity contribution is -0.121. The van der Waals surface area contributed by atoms with E-state index in [1.165, 1.54) is 17.7 Å². The van der Waals surface area contributed by atoms with Crippen LogP contribution < -0.4 is 10.1 Å². The van der Waals surface area contributed by atoms with Gasteiger partial charge in [-0.25, -0.2) is 4.39 Å². The molecule has 1 aliphatic rings. The van der Waals surface area contributed by atoms with Gasteiger partial charge in [0.1, 0.15) is 11.6 Å². The predicted molar refractivity (Wildman–Crippen MR) is 96.2 cm³/mol. The summed E-state index contributed by atoms with van der Waals surface area (Å²) in [5, 5.41) is 2.81. The minimum Gasteiger partial charge on any atom is -0.497 e. The number of likely N-dealkylation sites (tertiary alicyclic amines) is 1. The quantitative estimate of drug-likeness (QED) is 0.893. The highest BCUT2D eigenvalue weighted by molar-refractivity contribution is 5.94. The average molecular weight is 342 g/mol. The molecule has 1 fully saturated rings. The van der Waals surface area contributed by atoms with Crippen LogP contribution in [0.5, 0.6) is 5.75 Å². The molecule has 2 aromatic rings. The Labute approximate surface area is 147 Å². The Hall–Kier alpha value is -2.40. The van der Waals surface area contributed by atoms with Gasteiger partial charge < -0.3 is 10.1 Å². The van der Waals surface area contributed by atoms with Crippen molar-refractivity contribution in [1.29, 1.82) is 0 Å². The van der Waals surface area contributed by atoms with Crippen molar-refractivity contribution < 1.29 is 13.9 Å². The Balaban J connectivity index is 1.71. The Bertz CT molecular complexity index is 733. The van der Waals surface area contributed by atoms with Gasteiger partial charge in [-0.3, -0.25) is 9.69 Å². The van der Waals surface area contributed by atoms with Gasteiger partial charge in [-0.05, 0) is 62.2 Å². The fraction of sp³-hybridized carbons (Fsp3) is 0.350. The van der Waals surface area contributed by atoms with E-state index >= 15 is 0 Å². The molecule has 1 N–H and O–H groups in total. The van der Waals surface area contributed by atoms with Crippen LogP contribution in [0.1, 0.15) is 31.4 Å². The molecule has 0 spiro atoms. The number of halogens is 1. The summed E-state index contributed by atoms with van der Waals surface area (Å²) in [6.07, 6.45) is 2.07. The molecule has 1 aliphatic heterocycles. The second-order valence-corrected chi connectivity index (χ2v) is 6.34. The largest absolute Gasteiger partial charge is 0.497 e. The van der Waals surface area contributed by atoms with E-state index in [0.29, 0.717) is 5.69 Å². The molecule has 0 aliphatic carbocycles. The van der Waals surface area contributed by atoms with E-state index in [-0.39, 0.29) is 23.8 Å². The number of nitrogens with one attached hydrogen (secondary N) is 1. The average Bonchev–Trinajstić information content (AvgIpc) is 3.10. The van der Waals surface area contributed by atoms with Crippen LogP contribution in [0.3, 0.4) is 0 Å². The fourth-order valence-electron chi connectivity index (χ4n) is 3.40. The van der Waals surface area contributed by atoms with Crippen LogP contribution in [0.15, 0.2) is 48.5 Å². The highest BCUT2D eigenvalue weighted by Crippen LogP contribution is 2.34. The third-order valence-electron chi connectivity index (χ3n) is 4.76. The number of nitrogens with zero attached hydrogens (tertiary/aromatic N) is 1. The van der Waals surface area contributed by atoms with Crippen molar-refractivity contribution >= 4 is 11.6 Å². The Kier molecular flexibility index (Phi) is 5.34. The van der Waals surface area contributed by atoms with E-state index in [1.54, 1.807) is 19.2 Å². The van der Waals surface area contributed by atoms with Crippen molar-refractivity contribution in [3.05, 3.63) is 59.9 Å². The van der Waals surface area contributed by atoms with Gasteiger partial charge in [0, 0.05) is 11.7 Å². The summed E-state index contributed by atoms with van der Waals surface area (Å²) in [6.45, 7) is 2.77. The minimum absolute atomic E-state index is 0.119. The monoisotopic (exact) mass is 342 g/mol. The lowest BCUT2D eigenvalue weighted by Crippen LogP contribution is -2.41. The zero-order chi connectivity index (χ0) is 17.8. The Morgan fingerprint density at radius 1 is 1.28 bits per heavy atom. The van der Waals surface area contributed by atoms with Gasteiger partial charge in [-0.1, -0.05) is 18.2 Å². The number of carbonyl (C=O) groups is 1. The van der Waals surface area contributed by atoms with Crippen molar-refractivity contribution in [2.24, 2.45) is 0 Å². The van der Waals surface area contributed by atoms with Gasteiger partial charge in [0.2, 0.25) is 5.91 Å². The summed E-state index contributed by atoms with van der Waals surface area (Å²) in [6, 6.07) is 13.9. The summed E-state index contributed by atoms with van der Waals surface area (Å²) in [5.74, 6) is 0.346. The highest BCUT2D eigenvalue weighted by atomic mass is 19.1. The summed E-state index contributed by atoms with van der Waals surface area (Å²) in [5.41, 5.74) is 1.67. The molecule has 25 heavy (non-hydrogen) atoms. The van der Waals surface area contributed by atoms with Crippen LogP contribution in [0.25, 0.3) is 0 Å². The van der Waals surface area contributed by atoms with Gasteiger partial charge in [-0.15, -0.1) is 0 Å². The van der Waals surface area contributed by atoms with E-state index < -0.39 is 0 Å². The molecule has 0 aromatic heterocycles. The molecule has 1 amide bonds. The van der Waals surface area contributed by atoms with Crippen molar-refractivity contribution in [2.75, 3.05) is 19.0 Å². The molecular formula is C20H23FN2O2. The van der Waals surface area contributed by atoms with Gasteiger partial charge in [0.05, 0.1) is 13.2 Å². The normalized spacial score (nSPS) is 18.8. The molecule has 1 saturated heterocycles. The topological polar surface area (TPSA) is 41.6 Å². The Morgan fingerprint density at radius 3 is 2.72 bits per heavy atom. The van der Waals surface area contributed by atoms with Crippen molar-refractivity contribution in [2.45, 2.75) is 31.8 Å². The second kappa shape index (κ2) is 7.66. The van der Waals surface area contributed by atoms with Crippen LogP contribution in [0.4, 0.5) is 10.1 Å². The molecule has 0 bridgehead atoms. The molecule has 0 radical (unpaired) electrons. The first-order valence-electron chi connectivity index (χ1n) is 8.54. The maximum atomic E-state index is 13.3. The second-order valence-electron chi connectivity index (χ2n) is 6.34. The molecule has 0 saturated carbocycles. The fourth-order valence-corrected chi connectivity index (χ4v) is 3.40. The molecule has 1 heterocycles. The molecule has 4 nitrogen and oxygen atoms in total. The zero-order valence-corrected chi connectivity index (χ0v) is 14.5. The van der Waals surface area contributed by atoms with Crippen molar-refractivity contribution in [1.82, 2.24) is 4.90 Å². The standard InChI is InChI=1S/C20H23FN2O2/c1-14(20(24)22-17-6-3-5-16(21)13-17)23-12-4-7-19(23)15-8-10-18(25-2)11-9-15/h3,5-6,8-11,13-14,19H,4,7,12H2,1-2H3,(H,22,24)/t14-,19+/m0/s1. The zero-order valence-electron chi connectivity index (χ0n) is 14.5. The number of hydrogen-bond donors (Lipinski definition) is 1. The number of benzene rings is 2. The smallest absolute Gasteiger partial charge is 0.241 e. The number of carbonyl (C=O) groups excluding carboxylic acids is 1. The van der Waals surface area contributed by atoms with E-state index in [2.05, 4.69) is 22.3 Å². The summed E-state index contributed by atoms with van der Waals surface area (Å²) >= 11 is 0. The van der Waals surface area contributed by atoms with Gasteiger partial charge in [-0.2, -0.15) is 0 Å². The molecule has 2 atom stereocenters. The molecular weight excluding hydrogens is 319 g/mol. The first kappa shape index (κ1) is 17.4. The summed E-state index contributed by atoms with van der Waals surface area (Å²) in [7, 11) is 1.65. The first-order valence-corrected chi connectivity index (χ1v) is 8.54. The van der Waals surface area contributed by atoms with E-state index in [9.17, 15) is 9.18 Å². The SMILES string of the molecule is COc1ccc([C@H]2CCCN2[C@@H](C)C(=O)Nc2cccc(F)c2)cc1. The number of ether oxygens (including phenoxy) is 1. The van der Waals surface area contributed by atoms with Crippen LogP contribution in [0, 0.1) is 5.82 Å². The highest BCUT2D eigenvalue weighted by Gasteiger charge is 2.33. The van der Waals surface area contributed by atoms with Crippen molar-refractivity contribution in [3.8, 4) is 5.75 Å². The molecule has 0 unspecified atom stereocenters. The lowest BCUT2D eigenvalue weighted by atomic mass is 10.0. The molecule has 3 rings (SSSR count). The lowest BCUT2D eigenvalue weighted by Gasteiger charge is -2.30. The number of anilines is 1. The predicted octanol–water partition coefficient (Wildman–Crippen LogP) is 4.00. The third kappa shape index (κ3) is 3.99. The molecule has 132 valence electrons. The van der Waals surface area contributed by atoms with Crippen LogP contribution in [-0.4, -0.2) is 30.5 Å². The Morgan fingerprint density at radius 2 is 2.04 bits per heavy atom. The molecule has 5 heteroatoms. The van der Waals surface area contributed by atoms with E-state index in [0.717, 1.165) is 25.1 Å². The number of amides is 1. The summed E-state index contributed by atoms with van der Waals surface area (Å²) < 4.78 is 18.5. The van der Waals surface area contributed by atoms with Crippen molar-refractivity contribution in [3.63, 3.8) is 0 Å². The maximum Gasteiger partial charge on any atom is 0.241 e. The van der Waals surface area contributed by atoms with E-state index in [4.69, 9.17) is 4.74 Å². The van der Waals surface area contributed by atoms with Gasteiger partial charge in [0.25, 0.3) is 0 Å². The van der Waals surface area contributed by atoms with Gasteiger partial charge in [0.15, 0.2) is 0 Å². The maximum absolute atomic E-state index is 13.3. The third-order valence-corrected chi connectivity index (χ3v) is 4.76. The molecule has 2 aromatic carbocycles. The van der Waals surface area contributed by atoms with Crippen LogP contribution in [-0.2, 0) is 4.79 Å². The van der Waals surface area contributed by atoms with Crippen LogP contribution >= 0.6 is 0 Å². The first-order chi connectivity index (χ1) is 12.1. The summed E-state index contributed by atoms with van der Waals surface area (Å²) in [4.78, 5) is 14.8. The van der Waals surface area contributed by atoms with E-state index in [1.807, 2.05) is 19.1 Å². The number of methoxy groups -OCH3 is 1. The number of hydrogen-bond acceptors (Lipinski definition) is 3. The van der Waals surface area contributed by atoms with Crippen LogP contribution in [0.2, 0.25) is 0 Å². The minimum atomic E-state index is -0.359. The van der Waals surface area contributed by atoms with Gasteiger partial charge >= 0.3 is 0 Å². The number of rotatable bonds is 5.